The summed E-state index contributed by atoms with van der Waals surface area (Å²) in [4.78, 5) is 45.7. The molecule has 1 aliphatic carbocycles. The summed E-state index contributed by atoms with van der Waals surface area (Å²) in [5.74, 6) is 1.11. The van der Waals surface area contributed by atoms with Crippen molar-refractivity contribution in [2.24, 2.45) is 5.41 Å². The largest absolute Gasteiger partial charge is 0.444 e. The van der Waals surface area contributed by atoms with Gasteiger partial charge >= 0.3 is 6.09 Å². The number of fused-ring (bicyclic) bond motifs is 2. The molecule has 0 saturated carbocycles. The molecule has 2 aromatic heterocycles. The summed E-state index contributed by atoms with van der Waals surface area (Å²) in [5, 5.41) is 14.9. The zero-order valence-corrected chi connectivity index (χ0v) is 28.8. The van der Waals surface area contributed by atoms with Gasteiger partial charge in [0, 0.05) is 38.8 Å². The molecule has 0 radical (unpaired) electrons. The molecule has 250 valence electrons. The van der Waals surface area contributed by atoms with E-state index in [-0.39, 0.29) is 17.4 Å². The van der Waals surface area contributed by atoms with E-state index in [0.717, 1.165) is 50.3 Å². The second-order valence-electron chi connectivity index (χ2n) is 14.8. The van der Waals surface area contributed by atoms with Crippen molar-refractivity contribution in [2.75, 3.05) is 55.6 Å². The molecular weight excluding hydrogens is 594 g/mol. The van der Waals surface area contributed by atoms with Crippen LogP contribution in [0, 0.1) is 16.7 Å². The molecular formula is C35H47N9O3. The van der Waals surface area contributed by atoms with E-state index >= 15 is 0 Å². The number of nitrogens with zero attached hydrogens (tertiary/aromatic N) is 9. The third kappa shape index (κ3) is 6.38. The third-order valence-electron chi connectivity index (χ3n) is 9.62. The van der Waals surface area contributed by atoms with Gasteiger partial charge in [-0.15, -0.1) is 0 Å². The van der Waals surface area contributed by atoms with Crippen molar-refractivity contribution in [1.82, 2.24) is 29.5 Å². The first kappa shape index (κ1) is 32.7. The predicted molar refractivity (Wildman–Crippen MR) is 182 cm³/mol. The van der Waals surface area contributed by atoms with Crippen molar-refractivity contribution < 1.29 is 9.53 Å². The van der Waals surface area contributed by atoms with Crippen molar-refractivity contribution in [3.8, 4) is 11.8 Å². The van der Waals surface area contributed by atoms with Crippen molar-refractivity contribution in [3.05, 3.63) is 45.9 Å². The van der Waals surface area contributed by atoms with Crippen LogP contribution in [0.25, 0.3) is 16.6 Å². The molecule has 2 fully saturated rings. The number of rotatable bonds is 7. The van der Waals surface area contributed by atoms with E-state index in [1.54, 1.807) is 11.1 Å². The molecule has 12 heteroatoms. The van der Waals surface area contributed by atoms with Crippen molar-refractivity contribution >= 4 is 28.8 Å². The topological polar surface area (TPSA) is 124 Å². The van der Waals surface area contributed by atoms with Crippen molar-refractivity contribution in [2.45, 2.75) is 85.4 Å². The quantitative estimate of drug-likeness (QED) is 0.371. The average molecular weight is 642 g/mol. The number of nitriles is 1. The number of anilines is 2. The smallest absolute Gasteiger partial charge is 0.410 e. The molecule has 1 aromatic carbocycles. The Morgan fingerprint density at radius 3 is 2.51 bits per heavy atom. The molecule has 2 saturated heterocycles. The van der Waals surface area contributed by atoms with E-state index in [2.05, 4.69) is 54.5 Å². The number of hydrogen-bond donors (Lipinski definition) is 0. The van der Waals surface area contributed by atoms with Gasteiger partial charge in [-0.2, -0.15) is 20.0 Å². The van der Waals surface area contributed by atoms with Gasteiger partial charge in [0.1, 0.15) is 16.9 Å². The Labute approximate surface area is 276 Å². The average Bonchev–Trinajstić information content (AvgIpc) is 3.32. The molecule has 0 N–H and O–H groups in total. The number of benzene rings is 1. The van der Waals surface area contributed by atoms with Crippen LogP contribution in [0.15, 0.2) is 29.2 Å². The van der Waals surface area contributed by atoms with Gasteiger partial charge in [0.15, 0.2) is 0 Å². The van der Waals surface area contributed by atoms with Crippen LogP contribution < -0.4 is 15.4 Å². The number of amides is 1. The first-order valence-corrected chi connectivity index (χ1v) is 16.8. The second-order valence-corrected chi connectivity index (χ2v) is 14.8. The molecule has 4 heterocycles. The highest BCUT2D eigenvalue weighted by Crippen LogP contribution is 2.39. The van der Waals surface area contributed by atoms with Gasteiger partial charge in [-0.1, -0.05) is 39.8 Å². The summed E-state index contributed by atoms with van der Waals surface area (Å²) in [6.07, 6.45) is 3.23. The summed E-state index contributed by atoms with van der Waals surface area (Å²) in [7, 11) is 0. The first-order valence-electron chi connectivity index (χ1n) is 16.8. The summed E-state index contributed by atoms with van der Waals surface area (Å²) < 4.78 is 7.17. The predicted octanol–water partition coefficient (Wildman–Crippen LogP) is 4.17. The fourth-order valence-electron chi connectivity index (χ4n) is 7.27. The van der Waals surface area contributed by atoms with E-state index in [4.69, 9.17) is 19.8 Å². The highest BCUT2D eigenvalue weighted by Gasteiger charge is 2.37. The molecule has 3 aliphatic rings. The SMILES string of the molecule is CCN(CC)C1CN(c2nc(N3CCN(C(=O)OC(C)(C)C)C(CC#N)C3)c3cnn(-c4cccc5c4CC(C)(C)C5)c(=O)c3n2)C1. The number of carbonyl (C=O) groups is 1. The first-order chi connectivity index (χ1) is 22.3. The van der Waals surface area contributed by atoms with Crippen LogP contribution in [-0.2, 0) is 17.6 Å². The van der Waals surface area contributed by atoms with E-state index in [9.17, 15) is 14.9 Å². The number of piperazine rings is 1. The molecule has 1 atom stereocenters. The minimum Gasteiger partial charge on any atom is -0.444 e. The molecule has 3 aromatic rings. The number of likely N-dealkylation sites (N-methyl/N-ethyl adjacent to an activating group) is 1. The van der Waals surface area contributed by atoms with E-state index < -0.39 is 17.7 Å². The molecule has 6 rings (SSSR count). The highest BCUT2D eigenvalue weighted by molar-refractivity contribution is 5.90. The molecule has 0 bridgehead atoms. The Bertz CT molecular complexity index is 1760. The zero-order valence-electron chi connectivity index (χ0n) is 28.8. The lowest BCUT2D eigenvalue weighted by molar-refractivity contribution is 0.0145. The Morgan fingerprint density at radius 2 is 1.83 bits per heavy atom. The second kappa shape index (κ2) is 12.4. The lowest BCUT2D eigenvalue weighted by atomic mass is 9.90. The van der Waals surface area contributed by atoms with Crippen LogP contribution in [0.2, 0.25) is 0 Å². The maximum Gasteiger partial charge on any atom is 0.410 e. The van der Waals surface area contributed by atoms with Crippen LogP contribution in [0.4, 0.5) is 16.6 Å². The number of hydrogen-bond acceptors (Lipinski definition) is 10. The summed E-state index contributed by atoms with van der Waals surface area (Å²) in [5.41, 5.74) is 2.70. The van der Waals surface area contributed by atoms with Crippen LogP contribution in [0.5, 0.6) is 0 Å². The normalized spacial score (nSPS) is 19.6. The minimum atomic E-state index is -0.649. The van der Waals surface area contributed by atoms with Crippen molar-refractivity contribution in [1.29, 1.82) is 5.26 Å². The van der Waals surface area contributed by atoms with Gasteiger partial charge in [-0.3, -0.25) is 9.69 Å². The standard InChI is InChI=1S/C35H47N9O3/c1-8-40(9-2)25-21-42(22-25)32-38-29-27(19-37-44(31(29)45)28-12-10-11-23-17-35(6,7)18-26(23)28)30(39-32)41-15-16-43(24(20-41)13-14-36)33(46)47-34(3,4)5/h10-12,19,24-25H,8-9,13,15-18,20-22H2,1-7H3. The highest BCUT2D eigenvalue weighted by atomic mass is 16.6. The van der Waals surface area contributed by atoms with Gasteiger partial charge in [-0.05, 0) is 69.3 Å². The third-order valence-corrected chi connectivity index (χ3v) is 9.62. The van der Waals surface area contributed by atoms with Gasteiger partial charge in [0.25, 0.3) is 5.56 Å². The van der Waals surface area contributed by atoms with E-state index in [1.165, 1.54) is 10.2 Å². The van der Waals surface area contributed by atoms with E-state index in [1.807, 2.05) is 32.9 Å². The Morgan fingerprint density at radius 1 is 1.09 bits per heavy atom. The Kier molecular flexibility index (Phi) is 8.63. The Balaban J connectivity index is 1.41. The zero-order chi connectivity index (χ0) is 33.7. The maximum atomic E-state index is 14.4. The summed E-state index contributed by atoms with van der Waals surface area (Å²) in [6, 6.07) is 8.34. The maximum absolute atomic E-state index is 14.4. The molecule has 1 unspecified atom stereocenters. The van der Waals surface area contributed by atoms with E-state index in [0.29, 0.717) is 48.3 Å². The summed E-state index contributed by atoms with van der Waals surface area (Å²) >= 11 is 0. The monoisotopic (exact) mass is 641 g/mol. The van der Waals surface area contributed by atoms with Crippen LogP contribution in [0.1, 0.15) is 66.0 Å². The van der Waals surface area contributed by atoms with Crippen molar-refractivity contribution in [3.63, 3.8) is 0 Å². The number of ether oxygens (including phenoxy) is 1. The molecule has 47 heavy (non-hydrogen) atoms. The van der Waals surface area contributed by atoms with Gasteiger partial charge < -0.3 is 19.4 Å². The minimum absolute atomic E-state index is 0.113. The molecule has 1 amide bonds. The fraction of sp³-hybridized carbons (Fsp3) is 0.600. The van der Waals surface area contributed by atoms with Crippen LogP contribution in [0.3, 0.4) is 0 Å². The van der Waals surface area contributed by atoms with Crippen LogP contribution in [-0.4, -0.2) is 99.1 Å². The number of aromatic nitrogens is 4. The lowest BCUT2D eigenvalue weighted by Crippen LogP contribution is -2.60. The van der Waals surface area contributed by atoms with Gasteiger partial charge in [-0.25, -0.2) is 9.78 Å². The van der Waals surface area contributed by atoms with Gasteiger partial charge in [0.05, 0.1) is 35.8 Å². The Hall–Kier alpha value is -4.24. The lowest BCUT2D eigenvalue weighted by Gasteiger charge is -2.45. The van der Waals surface area contributed by atoms with Crippen LogP contribution >= 0.6 is 0 Å². The summed E-state index contributed by atoms with van der Waals surface area (Å²) in [6.45, 7) is 19.0. The van der Waals surface area contributed by atoms with Gasteiger partial charge in [0.2, 0.25) is 5.95 Å². The fourth-order valence-corrected chi connectivity index (χ4v) is 7.27. The molecule has 2 aliphatic heterocycles. The molecule has 0 spiro atoms. The number of carbonyl (C=O) groups excluding carboxylic acids is 1. The molecule has 12 nitrogen and oxygen atoms in total.